The number of alkyl halides is 3. The van der Waals surface area contributed by atoms with E-state index in [-0.39, 0.29) is 41.0 Å². The summed E-state index contributed by atoms with van der Waals surface area (Å²) in [5.41, 5.74) is -5.26. The Kier molecular flexibility index (Phi) is 8.33. The number of carbonyl (C=O) groups excluding carboxylic acids is 2. The molecular formula is C17H17F3MgO6S. The van der Waals surface area contributed by atoms with Crippen LogP contribution in [0.2, 0.25) is 0 Å². The Bertz CT molecular complexity index is 801. The summed E-state index contributed by atoms with van der Waals surface area (Å²) in [6, 6.07) is 3.51. The van der Waals surface area contributed by atoms with Crippen LogP contribution < -0.4 is 10.2 Å². The SMILES string of the molecule is O=C([O-])C(Cc1ccc(S(=O)(=O)C(F)(F)F)cc1)C(C(=O)[O-])C1CCCC1.[Mg+2]. The van der Waals surface area contributed by atoms with Crippen molar-refractivity contribution in [1.82, 2.24) is 0 Å². The maximum atomic E-state index is 12.6. The molecule has 1 saturated carbocycles. The molecule has 0 amide bonds. The van der Waals surface area contributed by atoms with Gasteiger partial charge in [0.2, 0.25) is 0 Å². The number of hydrogen-bond acceptors (Lipinski definition) is 6. The summed E-state index contributed by atoms with van der Waals surface area (Å²) in [7, 11) is -5.51. The van der Waals surface area contributed by atoms with Crippen molar-refractivity contribution in [1.29, 1.82) is 0 Å². The van der Waals surface area contributed by atoms with Crippen molar-refractivity contribution >= 4 is 44.8 Å². The number of aliphatic carboxylic acids is 2. The van der Waals surface area contributed by atoms with Gasteiger partial charge in [0.15, 0.2) is 0 Å². The molecule has 0 aromatic heterocycles. The fourth-order valence-electron chi connectivity index (χ4n) is 3.55. The molecule has 1 aliphatic carbocycles. The van der Waals surface area contributed by atoms with Crippen LogP contribution in [0, 0.1) is 17.8 Å². The Hall–Kier alpha value is -1.33. The van der Waals surface area contributed by atoms with Gasteiger partial charge < -0.3 is 19.8 Å². The van der Waals surface area contributed by atoms with Gasteiger partial charge in [-0.05, 0) is 42.9 Å². The van der Waals surface area contributed by atoms with Crippen molar-refractivity contribution in [2.24, 2.45) is 17.8 Å². The van der Waals surface area contributed by atoms with Crippen molar-refractivity contribution in [3.05, 3.63) is 29.8 Å². The number of rotatable bonds is 7. The van der Waals surface area contributed by atoms with Crippen LogP contribution in [0.3, 0.4) is 0 Å². The molecule has 0 spiro atoms. The van der Waals surface area contributed by atoms with E-state index < -0.39 is 44.0 Å². The van der Waals surface area contributed by atoms with Gasteiger partial charge in [0.25, 0.3) is 9.84 Å². The molecule has 1 fully saturated rings. The number of halogens is 3. The second-order valence-corrected chi connectivity index (χ2v) is 8.55. The summed E-state index contributed by atoms with van der Waals surface area (Å²) in [5, 5.41) is 23.0. The monoisotopic (exact) mass is 430 g/mol. The van der Waals surface area contributed by atoms with Gasteiger partial charge in [-0.3, -0.25) is 0 Å². The van der Waals surface area contributed by atoms with Crippen molar-refractivity contribution in [3.63, 3.8) is 0 Å². The molecule has 0 bridgehead atoms. The summed E-state index contributed by atoms with van der Waals surface area (Å²) < 4.78 is 60.4. The maximum absolute atomic E-state index is 12.6. The second kappa shape index (κ2) is 9.44. The molecule has 2 rings (SSSR count). The Morgan fingerprint density at radius 1 is 1.04 bits per heavy atom. The van der Waals surface area contributed by atoms with Crippen LogP contribution in [0.4, 0.5) is 13.2 Å². The third kappa shape index (κ3) is 5.38. The topological polar surface area (TPSA) is 114 Å². The van der Waals surface area contributed by atoms with E-state index in [1.165, 1.54) is 0 Å². The summed E-state index contributed by atoms with van der Waals surface area (Å²) >= 11 is 0. The van der Waals surface area contributed by atoms with Crippen LogP contribution in [0.5, 0.6) is 0 Å². The first-order chi connectivity index (χ1) is 12.4. The first-order valence-electron chi connectivity index (χ1n) is 8.27. The molecule has 6 nitrogen and oxygen atoms in total. The molecule has 0 radical (unpaired) electrons. The van der Waals surface area contributed by atoms with Crippen molar-refractivity contribution < 1.29 is 41.4 Å². The van der Waals surface area contributed by atoms with E-state index in [1.807, 2.05) is 0 Å². The molecule has 1 aliphatic rings. The molecule has 0 aliphatic heterocycles. The zero-order valence-electron chi connectivity index (χ0n) is 14.8. The number of benzene rings is 1. The van der Waals surface area contributed by atoms with Crippen LogP contribution in [-0.2, 0) is 25.8 Å². The van der Waals surface area contributed by atoms with Crippen LogP contribution in [0.1, 0.15) is 31.2 Å². The second-order valence-electron chi connectivity index (χ2n) is 6.61. The van der Waals surface area contributed by atoms with Gasteiger partial charge in [0.1, 0.15) is 0 Å². The summed E-state index contributed by atoms with van der Waals surface area (Å²) in [6.45, 7) is 0. The van der Waals surface area contributed by atoms with Gasteiger partial charge in [-0.1, -0.05) is 25.0 Å². The van der Waals surface area contributed by atoms with Crippen LogP contribution >= 0.6 is 0 Å². The zero-order valence-corrected chi connectivity index (χ0v) is 17.0. The third-order valence-corrected chi connectivity index (χ3v) is 6.41. The summed E-state index contributed by atoms with van der Waals surface area (Å²) in [6.07, 6.45) is 2.33. The fraction of sp³-hybridized carbons (Fsp3) is 0.529. The largest absolute Gasteiger partial charge is 2.00 e. The number of sulfone groups is 1. The number of carboxylic acids is 2. The molecular weight excluding hydrogens is 414 g/mol. The number of carbonyl (C=O) groups is 2. The van der Waals surface area contributed by atoms with E-state index in [4.69, 9.17) is 0 Å². The predicted octanol–water partition coefficient (Wildman–Crippen LogP) is 0.0642. The molecule has 1 aromatic carbocycles. The van der Waals surface area contributed by atoms with Crippen molar-refractivity contribution in [2.75, 3.05) is 0 Å². The molecule has 0 heterocycles. The number of carboxylic acid groups (broad SMARTS) is 2. The summed E-state index contributed by atoms with van der Waals surface area (Å²) in [5.74, 6) is -6.18. The first kappa shape index (κ1) is 24.7. The average Bonchev–Trinajstić information content (AvgIpc) is 3.07. The van der Waals surface area contributed by atoms with Crippen LogP contribution in [0.25, 0.3) is 0 Å². The minimum absolute atomic E-state index is 0. The summed E-state index contributed by atoms with van der Waals surface area (Å²) in [4.78, 5) is 22.1. The Labute approximate surface area is 176 Å². The molecule has 11 heteroatoms. The quantitative estimate of drug-likeness (QED) is 0.565. The Morgan fingerprint density at radius 2 is 1.54 bits per heavy atom. The van der Waals surface area contributed by atoms with Gasteiger partial charge in [0.05, 0.1) is 4.90 Å². The van der Waals surface area contributed by atoms with E-state index in [0.29, 0.717) is 25.0 Å². The van der Waals surface area contributed by atoms with Crippen LogP contribution in [-0.4, -0.2) is 48.9 Å². The van der Waals surface area contributed by atoms with Gasteiger partial charge in [0, 0.05) is 23.8 Å². The normalized spacial score (nSPS) is 17.5. The average molecular weight is 431 g/mol. The van der Waals surface area contributed by atoms with Gasteiger partial charge >= 0.3 is 28.6 Å². The van der Waals surface area contributed by atoms with Gasteiger partial charge in [-0.25, -0.2) is 8.42 Å². The van der Waals surface area contributed by atoms with Crippen LogP contribution in [0.15, 0.2) is 29.2 Å². The molecule has 2 unspecified atom stereocenters. The Morgan fingerprint density at radius 3 is 1.93 bits per heavy atom. The van der Waals surface area contributed by atoms with Gasteiger partial charge in [-0.15, -0.1) is 0 Å². The van der Waals surface area contributed by atoms with Gasteiger partial charge in [-0.2, -0.15) is 13.2 Å². The molecule has 150 valence electrons. The first-order valence-corrected chi connectivity index (χ1v) is 9.75. The van der Waals surface area contributed by atoms with Crippen molar-refractivity contribution in [2.45, 2.75) is 42.5 Å². The Balaban J connectivity index is 0.00000392. The molecule has 0 N–H and O–H groups in total. The van der Waals surface area contributed by atoms with E-state index in [2.05, 4.69) is 0 Å². The standard InChI is InChI=1S/C17H19F3O6S.Mg/c18-17(19,20)27(25,26)12-7-5-10(6-8-12)9-13(15(21)22)14(16(23)24)11-3-1-2-4-11;/h5-8,11,13-14H,1-4,9H2,(H,21,22)(H,23,24);/q;+2/p-2. The molecule has 1 aromatic rings. The third-order valence-electron chi connectivity index (χ3n) is 4.91. The minimum atomic E-state index is -5.51. The molecule has 2 atom stereocenters. The fourth-order valence-corrected chi connectivity index (χ4v) is 4.31. The van der Waals surface area contributed by atoms with E-state index in [9.17, 15) is 41.4 Å². The van der Waals surface area contributed by atoms with E-state index in [1.54, 1.807) is 0 Å². The number of hydrogen-bond donors (Lipinski definition) is 0. The predicted molar refractivity (Wildman–Crippen MR) is 88.1 cm³/mol. The molecule has 0 saturated heterocycles. The minimum Gasteiger partial charge on any atom is -0.550 e. The maximum Gasteiger partial charge on any atom is 2.00 e. The van der Waals surface area contributed by atoms with Crippen molar-refractivity contribution in [3.8, 4) is 0 Å². The van der Waals surface area contributed by atoms with E-state index >= 15 is 0 Å². The smallest absolute Gasteiger partial charge is 0.550 e. The van der Waals surface area contributed by atoms with E-state index in [0.717, 1.165) is 25.0 Å². The molecule has 28 heavy (non-hydrogen) atoms. The zero-order chi connectivity index (χ0) is 20.4.